The molecule has 1 N–H and O–H groups in total. The van der Waals surface area contributed by atoms with Gasteiger partial charge < -0.3 is 14.8 Å². The highest BCUT2D eigenvalue weighted by atomic mass is 19.1. The highest BCUT2D eigenvalue weighted by Crippen LogP contribution is 2.33. The van der Waals surface area contributed by atoms with E-state index in [1.165, 1.54) is 6.07 Å². The molecule has 1 amide bonds. The van der Waals surface area contributed by atoms with Crippen molar-refractivity contribution >= 4 is 11.7 Å². The molecule has 0 bridgehead atoms. The maximum Gasteiger partial charge on any atom is 0.223 e. The van der Waals surface area contributed by atoms with Gasteiger partial charge in [0, 0.05) is 26.6 Å². The van der Waals surface area contributed by atoms with Crippen LogP contribution in [0.5, 0.6) is 0 Å². The normalized spacial score (nSPS) is 15.8. The summed E-state index contributed by atoms with van der Waals surface area (Å²) in [5, 5.41) is 2.68. The summed E-state index contributed by atoms with van der Waals surface area (Å²) in [7, 11) is 3.59. The first kappa shape index (κ1) is 23.1. The molecular weight excluding hydrogens is 395 g/mol. The molecule has 0 fully saturated rings. The minimum absolute atomic E-state index is 0.0622. The van der Waals surface area contributed by atoms with Crippen LogP contribution in [0.2, 0.25) is 0 Å². The number of rotatable bonds is 5. The maximum absolute atomic E-state index is 14.8. The molecular formula is C24H33FN4O2. The zero-order valence-electron chi connectivity index (χ0n) is 19.4. The Bertz CT molecular complexity index is 990. The van der Waals surface area contributed by atoms with Gasteiger partial charge >= 0.3 is 0 Å². The topological polar surface area (TPSA) is 67.2 Å². The molecule has 31 heavy (non-hydrogen) atoms. The van der Waals surface area contributed by atoms with Crippen LogP contribution in [0, 0.1) is 24.1 Å². The molecule has 1 aromatic heterocycles. The molecule has 1 atom stereocenters. The van der Waals surface area contributed by atoms with Crippen molar-refractivity contribution in [3.63, 3.8) is 0 Å². The largest absolute Gasteiger partial charge is 0.359 e. The van der Waals surface area contributed by atoms with Gasteiger partial charge in [-0.25, -0.2) is 9.37 Å². The highest BCUT2D eigenvalue weighted by molar-refractivity contribution is 5.98. The fourth-order valence-electron chi connectivity index (χ4n) is 4.20. The monoisotopic (exact) mass is 428 g/mol. The minimum atomic E-state index is -0.481. The molecule has 168 valence electrons. The van der Waals surface area contributed by atoms with Crippen molar-refractivity contribution in [3.8, 4) is 11.4 Å². The van der Waals surface area contributed by atoms with E-state index in [0.717, 1.165) is 24.2 Å². The fraction of sp³-hybridized carbons (Fsp3) is 0.542. The molecule has 7 heteroatoms. The highest BCUT2D eigenvalue weighted by Gasteiger charge is 2.35. The zero-order chi connectivity index (χ0) is 22.9. The van der Waals surface area contributed by atoms with Crippen molar-refractivity contribution in [1.82, 2.24) is 19.8 Å². The Morgan fingerprint density at radius 2 is 1.97 bits per heavy atom. The van der Waals surface area contributed by atoms with Crippen LogP contribution in [0.4, 0.5) is 4.39 Å². The van der Waals surface area contributed by atoms with Crippen LogP contribution >= 0.6 is 0 Å². The average molecular weight is 429 g/mol. The molecule has 0 spiro atoms. The van der Waals surface area contributed by atoms with Crippen LogP contribution in [0.15, 0.2) is 18.2 Å². The second-order valence-electron chi connectivity index (χ2n) is 9.62. The maximum atomic E-state index is 14.8. The molecule has 1 aromatic carbocycles. The van der Waals surface area contributed by atoms with Gasteiger partial charge in [0.1, 0.15) is 17.3 Å². The summed E-state index contributed by atoms with van der Waals surface area (Å²) in [5.41, 5.74) is 1.99. The number of carbonyl (C=O) groups is 2. The van der Waals surface area contributed by atoms with E-state index in [1.807, 2.05) is 45.4 Å². The number of ketones is 1. The van der Waals surface area contributed by atoms with Crippen LogP contribution in [0.3, 0.4) is 0 Å². The molecule has 0 aliphatic carbocycles. The van der Waals surface area contributed by atoms with Gasteiger partial charge in [0.2, 0.25) is 5.91 Å². The summed E-state index contributed by atoms with van der Waals surface area (Å²) < 4.78 is 16.8. The number of Topliss-reactive ketones (excluding diaryl/α,β-unsaturated/α-hetero) is 1. The van der Waals surface area contributed by atoms with Crippen LogP contribution < -0.4 is 5.32 Å². The van der Waals surface area contributed by atoms with E-state index in [-0.39, 0.29) is 29.3 Å². The Labute approximate surface area is 183 Å². The summed E-state index contributed by atoms with van der Waals surface area (Å²) in [6.07, 6.45) is 0.948. The molecule has 0 unspecified atom stereocenters. The van der Waals surface area contributed by atoms with Crippen LogP contribution in [0.1, 0.15) is 55.4 Å². The molecule has 2 aromatic rings. The van der Waals surface area contributed by atoms with E-state index >= 15 is 0 Å². The van der Waals surface area contributed by atoms with Crippen molar-refractivity contribution < 1.29 is 14.0 Å². The Morgan fingerprint density at radius 3 is 2.58 bits per heavy atom. The van der Waals surface area contributed by atoms with Crippen LogP contribution in [-0.4, -0.2) is 46.8 Å². The first-order valence-corrected chi connectivity index (χ1v) is 10.8. The van der Waals surface area contributed by atoms with Gasteiger partial charge in [0.05, 0.1) is 17.2 Å². The predicted octanol–water partition coefficient (Wildman–Crippen LogP) is 3.81. The van der Waals surface area contributed by atoms with Gasteiger partial charge in [-0.05, 0) is 50.0 Å². The summed E-state index contributed by atoms with van der Waals surface area (Å²) in [6.45, 7) is 9.81. The van der Waals surface area contributed by atoms with E-state index in [0.29, 0.717) is 30.2 Å². The number of aryl methyl sites for hydroxylation is 1. The van der Waals surface area contributed by atoms with Gasteiger partial charge in [-0.15, -0.1) is 0 Å². The fourth-order valence-corrected chi connectivity index (χ4v) is 4.20. The van der Waals surface area contributed by atoms with Gasteiger partial charge in [-0.3, -0.25) is 9.59 Å². The summed E-state index contributed by atoms with van der Waals surface area (Å²) >= 11 is 0. The molecule has 0 saturated carbocycles. The van der Waals surface area contributed by atoms with Gasteiger partial charge in [-0.1, -0.05) is 26.8 Å². The number of halogens is 1. The molecule has 0 radical (unpaired) electrons. The van der Waals surface area contributed by atoms with Crippen molar-refractivity contribution in [2.24, 2.45) is 11.3 Å². The van der Waals surface area contributed by atoms with Gasteiger partial charge in [0.15, 0.2) is 5.78 Å². The number of fused-ring (bicyclic) bond motifs is 1. The summed E-state index contributed by atoms with van der Waals surface area (Å²) in [4.78, 5) is 32.7. The van der Waals surface area contributed by atoms with Gasteiger partial charge in [0.25, 0.3) is 0 Å². The Hall–Kier alpha value is -2.54. The number of hydrogen-bond acceptors (Lipinski definition) is 4. The van der Waals surface area contributed by atoms with Gasteiger partial charge in [-0.2, -0.15) is 0 Å². The lowest BCUT2D eigenvalue weighted by Crippen LogP contribution is -2.37. The van der Waals surface area contributed by atoms with Crippen molar-refractivity contribution in [3.05, 3.63) is 41.0 Å². The van der Waals surface area contributed by atoms with Crippen LogP contribution in [-0.2, 0) is 17.9 Å². The van der Waals surface area contributed by atoms with E-state index in [9.17, 15) is 14.0 Å². The quantitative estimate of drug-likeness (QED) is 0.736. The number of imidazole rings is 1. The molecule has 0 saturated heterocycles. The number of carbonyl (C=O) groups excluding carboxylic acids is 2. The van der Waals surface area contributed by atoms with Crippen molar-refractivity contribution in [2.75, 3.05) is 20.6 Å². The lowest BCUT2D eigenvalue weighted by atomic mass is 9.77. The summed E-state index contributed by atoms with van der Waals surface area (Å²) in [5.74, 6) is -0.680. The first-order chi connectivity index (χ1) is 14.5. The number of amides is 1. The number of nitrogens with zero attached hydrogens (tertiary/aromatic N) is 3. The first-order valence-electron chi connectivity index (χ1n) is 10.8. The van der Waals surface area contributed by atoms with E-state index < -0.39 is 5.92 Å². The Balaban J connectivity index is 2.08. The third-order valence-corrected chi connectivity index (χ3v) is 6.04. The number of aromatic nitrogens is 2. The predicted molar refractivity (Wildman–Crippen MR) is 119 cm³/mol. The van der Waals surface area contributed by atoms with E-state index in [2.05, 4.69) is 15.2 Å². The molecule has 1 aliphatic rings. The zero-order valence-corrected chi connectivity index (χ0v) is 19.4. The van der Waals surface area contributed by atoms with Crippen molar-refractivity contribution in [2.45, 2.75) is 53.6 Å². The molecule has 1 aliphatic heterocycles. The standard InChI is InChI=1S/C24H33FN4O2/c1-15-8-9-16(18(25)12-15)22-27-21(19-14-28(6)10-7-11-29(19)22)20(30)13-17(23(31)26-5)24(2,3)4/h8-9,12,17H,7,10-11,13-14H2,1-6H3,(H,26,31)/t17-/m1/s1. The lowest BCUT2D eigenvalue weighted by Gasteiger charge is -2.28. The Morgan fingerprint density at radius 1 is 1.26 bits per heavy atom. The third-order valence-electron chi connectivity index (χ3n) is 6.04. The van der Waals surface area contributed by atoms with Crippen molar-refractivity contribution in [1.29, 1.82) is 0 Å². The number of benzene rings is 1. The molecule has 3 rings (SSSR count). The molecule has 6 nitrogen and oxygen atoms in total. The van der Waals surface area contributed by atoms with E-state index in [4.69, 9.17) is 0 Å². The second kappa shape index (κ2) is 8.91. The van der Waals surface area contributed by atoms with Crippen LogP contribution in [0.25, 0.3) is 11.4 Å². The minimum Gasteiger partial charge on any atom is -0.359 e. The Kier molecular flexibility index (Phi) is 6.65. The molecule has 2 heterocycles. The lowest BCUT2D eigenvalue weighted by molar-refractivity contribution is -0.127. The smallest absolute Gasteiger partial charge is 0.223 e. The third kappa shape index (κ3) is 4.87. The second-order valence-corrected chi connectivity index (χ2v) is 9.62. The summed E-state index contributed by atoms with van der Waals surface area (Å²) in [6, 6.07) is 5.07. The SMILES string of the molecule is CNC(=O)[C@@H](CC(=O)c1nc(-c2ccc(C)cc2F)n2c1CN(C)CCC2)C(C)(C)C. The van der Waals surface area contributed by atoms with E-state index in [1.54, 1.807) is 13.1 Å². The number of nitrogens with one attached hydrogen (secondary N) is 1. The number of hydrogen-bond donors (Lipinski definition) is 1. The average Bonchev–Trinajstić information content (AvgIpc) is 2.90.